The molecule has 2 aromatic carbocycles. The fraction of sp³-hybridized carbons (Fsp3) is 0.263. The smallest absolute Gasteiger partial charge is 0.147 e. The van der Waals surface area contributed by atoms with E-state index in [2.05, 4.69) is 17.2 Å². The monoisotopic (exact) mass is 310 g/mol. The van der Waals surface area contributed by atoms with E-state index in [1.165, 1.54) is 5.56 Å². The number of halogens is 1. The van der Waals surface area contributed by atoms with Crippen LogP contribution in [0, 0.1) is 5.82 Å². The molecule has 4 rings (SSSR count). The summed E-state index contributed by atoms with van der Waals surface area (Å²) in [5, 5.41) is 4.46. The molecule has 1 atom stereocenters. The molecule has 1 aliphatic heterocycles. The number of hydrogen-bond donors (Lipinski definition) is 2. The maximum absolute atomic E-state index is 14.3. The molecule has 0 spiro atoms. The molecule has 118 valence electrons. The van der Waals surface area contributed by atoms with Crippen molar-refractivity contribution < 1.29 is 9.13 Å². The molecular formula is C19H19FN2O. The van der Waals surface area contributed by atoms with E-state index in [9.17, 15) is 4.39 Å². The van der Waals surface area contributed by atoms with Gasteiger partial charge in [0.05, 0.1) is 12.6 Å². The number of ether oxygens (including phenoxy) is 1. The zero-order chi connectivity index (χ0) is 16.0. The van der Waals surface area contributed by atoms with Crippen LogP contribution in [0.4, 0.5) is 4.39 Å². The van der Waals surface area contributed by atoms with Gasteiger partial charge in [0.2, 0.25) is 0 Å². The van der Waals surface area contributed by atoms with Crippen LogP contribution in [-0.2, 0) is 13.0 Å². The zero-order valence-electron chi connectivity index (χ0n) is 13.2. The highest BCUT2D eigenvalue weighted by Crippen LogP contribution is 2.36. The Morgan fingerprint density at radius 1 is 1.13 bits per heavy atom. The summed E-state index contributed by atoms with van der Waals surface area (Å²) in [4.78, 5) is 3.31. The molecule has 0 saturated carbocycles. The average molecular weight is 310 g/mol. The van der Waals surface area contributed by atoms with Gasteiger partial charge in [-0.2, -0.15) is 0 Å². The number of benzene rings is 2. The molecule has 4 heteroatoms. The lowest BCUT2D eigenvalue weighted by Crippen LogP contribution is -2.32. The second-order valence-electron chi connectivity index (χ2n) is 6.14. The molecule has 1 unspecified atom stereocenters. The normalized spacial score (nSPS) is 17.3. The number of H-pyrrole nitrogens is 1. The van der Waals surface area contributed by atoms with Crippen molar-refractivity contribution in [3.05, 3.63) is 53.5 Å². The summed E-state index contributed by atoms with van der Waals surface area (Å²) >= 11 is 0. The van der Waals surface area contributed by atoms with Crippen molar-refractivity contribution in [1.29, 1.82) is 0 Å². The standard InChI is InChI=1S/C19H19FN2O/c1-11-9-17-15(10-21-11)18-14(7-8-16(20)19(18)22-17)12-3-5-13(23-2)6-4-12/h3-8,11,21-22H,9-10H2,1-2H3. The van der Waals surface area contributed by atoms with Gasteiger partial charge in [0, 0.05) is 30.1 Å². The number of aromatic amines is 1. The Morgan fingerprint density at radius 2 is 1.91 bits per heavy atom. The van der Waals surface area contributed by atoms with Crippen LogP contribution in [0.25, 0.3) is 22.0 Å². The zero-order valence-corrected chi connectivity index (χ0v) is 13.2. The minimum absolute atomic E-state index is 0.195. The Morgan fingerprint density at radius 3 is 2.65 bits per heavy atom. The van der Waals surface area contributed by atoms with Crippen LogP contribution in [0.2, 0.25) is 0 Å². The molecule has 2 heterocycles. The van der Waals surface area contributed by atoms with Gasteiger partial charge in [0.25, 0.3) is 0 Å². The van der Waals surface area contributed by atoms with Gasteiger partial charge in [-0.25, -0.2) is 4.39 Å². The van der Waals surface area contributed by atoms with E-state index in [0.717, 1.165) is 40.9 Å². The molecule has 3 nitrogen and oxygen atoms in total. The van der Waals surface area contributed by atoms with Crippen molar-refractivity contribution in [3.8, 4) is 16.9 Å². The van der Waals surface area contributed by atoms with Gasteiger partial charge in [-0.05, 0) is 41.8 Å². The van der Waals surface area contributed by atoms with Crippen LogP contribution < -0.4 is 10.1 Å². The largest absolute Gasteiger partial charge is 0.497 e. The van der Waals surface area contributed by atoms with Crippen LogP contribution in [0.3, 0.4) is 0 Å². The van der Waals surface area contributed by atoms with Gasteiger partial charge < -0.3 is 15.0 Å². The minimum Gasteiger partial charge on any atom is -0.497 e. The first kappa shape index (κ1) is 14.3. The Kier molecular flexibility index (Phi) is 3.34. The highest BCUT2D eigenvalue weighted by Gasteiger charge is 2.22. The van der Waals surface area contributed by atoms with E-state index in [4.69, 9.17) is 4.74 Å². The molecule has 0 aliphatic carbocycles. The lowest BCUT2D eigenvalue weighted by atomic mass is 9.95. The second kappa shape index (κ2) is 5.39. The quantitative estimate of drug-likeness (QED) is 0.750. The van der Waals surface area contributed by atoms with Crippen LogP contribution in [0.5, 0.6) is 5.75 Å². The first-order valence-electron chi connectivity index (χ1n) is 7.87. The molecule has 0 amide bonds. The summed E-state index contributed by atoms with van der Waals surface area (Å²) in [5.41, 5.74) is 5.06. The van der Waals surface area contributed by atoms with E-state index in [0.29, 0.717) is 11.6 Å². The first-order valence-corrected chi connectivity index (χ1v) is 7.87. The summed E-state index contributed by atoms with van der Waals surface area (Å²) in [6, 6.07) is 11.7. The fourth-order valence-corrected chi connectivity index (χ4v) is 3.43. The molecule has 23 heavy (non-hydrogen) atoms. The summed E-state index contributed by atoms with van der Waals surface area (Å²) in [5.74, 6) is 0.623. The maximum atomic E-state index is 14.3. The van der Waals surface area contributed by atoms with Gasteiger partial charge in [0.1, 0.15) is 11.6 Å². The van der Waals surface area contributed by atoms with E-state index in [-0.39, 0.29) is 5.82 Å². The SMILES string of the molecule is COc1ccc(-c2ccc(F)c3[nH]c4c(c23)CNC(C)C4)cc1. The van der Waals surface area contributed by atoms with Gasteiger partial charge in [-0.3, -0.25) is 0 Å². The molecule has 0 bridgehead atoms. The Labute approximate surface area is 134 Å². The van der Waals surface area contributed by atoms with E-state index in [1.54, 1.807) is 13.2 Å². The third-order valence-electron chi connectivity index (χ3n) is 4.64. The third-order valence-corrected chi connectivity index (χ3v) is 4.64. The fourth-order valence-electron chi connectivity index (χ4n) is 3.43. The Hall–Kier alpha value is -2.33. The van der Waals surface area contributed by atoms with Crippen LogP contribution in [0.15, 0.2) is 36.4 Å². The second-order valence-corrected chi connectivity index (χ2v) is 6.14. The maximum Gasteiger partial charge on any atom is 0.147 e. The molecule has 2 N–H and O–H groups in total. The Balaban J connectivity index is 1.94. The van der Waals surface area contributed by atoms with Gasteiger partial charge in [0.15, 0.2) is 0 Å². The number of methoxy groups -OCH3 is 1. The van der Waals surface area contributed by atoms with Crippen molar-refractivity contribution in [3.63, 3.8) is 0 Å². The van der Waals surface area contributed by atoms with E-state index < -0.39 is 0 Å². The predicted octanol–water partition coefficient (Wildman–Crippen LogP) is 4.02. The van der Waals surface area contributed by atoms with Crippen molar-refractivity contribution in [1.82, 2.24) is 10.3 Å². The number of hydrogen-bond acceptors (Lipinski definition) is 2. The highest BCUT2D eigenvalue weighted by atomic mass is 19.1. The topological polar surface area (TPSA) is 37.0 Å². The number of rotatable bonds is 2. The van der Waals surface area contributed by atoms with Crippen molar-refractivity contribution >= 4 is 10.9 Å². The minimum atomic E-state index is -0.195. The van der Waals surface area contributed by atoms with Crippen molar-refractivity contribution in [2.75, 3.05) is 7.11 Å². The molecule has 0 radical (unpaired) electrons. The van der Waals surface area contributed by atoms with Crippen molar-refractivity contribution in [2.24, 2.45) is 0 Å². The summed E-state index contributed by atoms with van der Waals surface area (Å²) in [6.45, 7) is 2.91. The van der Waals surface area contributed by atoms with Gasteiger partial charge >= 0.3 is 0 Å². The lowest BCUT2D eigenvalue weighted by molar-refractivity contribution is 0.415. The first-order chi connectivity index (χ1) is 11.2. The average Bonchev–Trinajstić information content (AvgIpc) is 2.95. The lowest BCUT2D eigenvalue weighted by Gasteiger charge is -2.20. The summed E-state index contributed by atoms with van der Waals surface area (Å²) < 4.78 is 19.5. The predicted molar refractivity (Wildman–Crippen MR) is 90.3 cm³/mol. The number of fused-ring (bicyclic) bond motifs is 3. The molecule has 3 aromatic rings. The van der Waals surface area contributed by atoms with Crippen LogP contribution in [-0.4, -0.2) is 18.1 Å². The summed E-state index contributed by atoms with van der Waals surface area (Å²) in [7, 11) is 1.65. The van der Waals surface area contributed by atoms with Crippen LogP contribution in [0.1, 0.15) is 18.2 Å². The van der Waals surface area contributed by atoms with Gasteiger partial charge in [-0.1, -0.05) is 18.2 Å². The van der Waals surface area contributed by atoms with Gasteiger partial charge in [-0.15, -0.1) is 0 Å². The summed E-state index contributed by atoms with van der Waals surface area (Å²) in [6.07, 6.45) is 0.894. The Bertz CT molecular complexity index is 867. The number of nitrogens with one attached hydrogen (secondary N) is 2. The number of aromatic nitrogens is 1. The molecule has 0 saturated heterocycles. The van der Waals surface area contributed by atoms with E-state index in [1.807, 2.05) is 30.3 Å². The van der Waals surface area contributed by atoms with Crippen molar-refractivity contribution in [2.45, 2.75) is 25.9 Å². The highest BCUT2D eigenvalue weighted by molar-refractivity contribution is 5.99. The molecule has 1 aromatic heterocycles. The van der Waals surface area contributed by atoms with E-state index >= 15 is 0 Å². The molecule has 0 fully saturated rings. The third kappa shape index (κ3) is 2.30. The molecule has 1 aliphatic rings. The molecular weight excluding hydrogens is 291 g/mol. The van der Waals surface area contributed by atoms with Crippen LogP contribution >= 0.6 is 0 Å².